The Bertz CT molecular complexity index is 489. The van der Waals surface area contributed by atoms with Crippen molar-refractivity contribution in [3.05, 3.63) is 29.8 Å². The number of benzene rings is 1. The van der Waals surface area contributed by atoms with Crippen LogP contribution >= 0.6 is 0 Å². The Balaban J connectivity index is 2.54. The molecule has 0 saturated heterocycles. The molecule has 0 radical (unpaired) electrons. The van der Waals surface area contributed by atoms with Crippen molar-refractivity contribution in [3.63, 3.8) is 0 Å². The van der Waals surface area contributed by atoms with Gasteiger partial charge in [0, 0.05) is 11.7 Å². The van der Waals surface area contributed by atoms with Crippen molar-refractivity contribution in [3.8, 4) is 6.07 Å². The molecule has 1 aromatic rings. The fourth-order valence-electron chi connectivity index (χ4n) is 1.39. The number of carbonyl (C=O) groups is 2. The minimum atomic E-state index is -0.400. The standard InChI is InChI=1S/C13H15N3O2/c1-9(2)15-12(17)7-13(18)16-11-5-3-4-10(6-11)8-14/h3-6,9H,7H2,1-2H3,(H,15,17)(H,16,18). The molecule has 18 heavy (non-hydrogen) atoms. The molecule has 0 aromatic heterocycles. The highest BCUT2D eigenvalue weighted by Gasteiger charge is 2.10. The summed E-state index contributed by atoms with van der Waals surface area (Å²) in [4.78, 5) is 22.9. The van der Waals surface area contributed by atoms with E-state index in [1.54, 1.807) is 24.3 Å². The summed E-state index contributed by atoms with van der Waals surface area (Å²) < 4.78 is 0. The van der Waals surface area contributed by atoms with Crippen molar-refractivity contribution < 1.29 is 9.59 Å². The van der Waals surface area contributed by atoms with Crippen LogP contribution in [0.4, 0.5) is 5.69 Å². The molecule has 0 saturated carbocycles. The molecule has 0 heterocycles. The number of nitrogens with one attached hydrogen (secondary N) is 2. The molecule has 0 aliphatic rings. The van der Waals surface area contributed by atoms with E-state index in [1.807, 2.05) is 19.9 Å². The number of nitrogens with zero attached hydrogens (tertiary/aromatic N) is 1. The lowest BCUT2D eigenvalue weighted by molar-refractivity contribution is -0.127. The van der Waals surface area contributed by atoms with E-state index in [1.165, 1.54) is 0 Å². The molecule has 0 aliphatic heterocycles. The zero-order valence-electron chi connectivity index (χ0n) is 10.4. The van der Waals surface area contributed by atoms with E-state index in [0.29, 0.717) is 11.3 Å². The highest BCUT2D eigenvalue weighted by atomic mass is 16.2. The molecule has 0 aliphatic carbocycles. The fraction of sp³-hybridized carbons (Fsp3) is 0.308. The minimum Gasteiger partial charge on any atom is -0.353 e. The van der Waals surface area contributed by atoms with Crippen molar-refractivity contribution >= 4 is 17.5 Å². The second kappa shape index (κ2) is 6.40. The molecule has 1 rings (SSSR count). The summed E-state index contributed by atoms with van der Waals surface area (Å²) in [5.74, 6) is -0.720. The molecule has 94 valence electrons. The first-order valence-electron chi connectivity index (χ1n) is 5.60. The van der Waals surface area contributed by atoms with Gasteiger partial charge in [0.05, 0.1) is 11.6 Å². The first kappa shape index (κ1) is 13.7. The van der Waals surface area contributed by atoms with Gasteiger partial charge in [-0.2, -0.15) is 5.26 Å². The summed E-state index contributed by atoms with van der Waals surface area (Å²) in [6.45, 7) is 3.65. The van der Waals surface area contributed by atoms with Gasteiger partial charge >= 0.3 is 0 Å². The lowest BCUT2D eigenvalue weighted by atomic mass is 10.2. The molecule has 0 fully saturated rings. The Hall–Kier alpha value is -2.35. The molecular formula is C13H15N3O2. The van der Waals surface area contributed by atoms with Gasteiger partial charge in [-0.1, -0.05) is 6.07 Å². The number of nitriles is 1. The van der Waals surface area contributed by atoms with Crippen LogP contribution in [-0.4, -0.2) is 17.9 Å². The van der Waals surface area contributed by atoms with Gasteiger partial charge in [0.15, 0.2) is 0 Å². The SMILES string of the molecule is CC(C)NC(=O)CC(=O)Nc1cccc(C#N)c1. The Morgan fingerprint density at radius 2 is 2.06 bits per heavy atom. The van der Waals surface area contributed by atoms with Crippen LogP contribution < -0.4 is 10.6 Å². The van der Waals surface area contributed by atoms with Crippen molar-refractivity contribution in [1.82, 2.24) is 5.32 Å². The number of rotatable bonds is 4. The van der Waals surface area contributed by atoms with E-state index in [0.717, 1.165) is 0 Å². The van der Waals surface area contributed by atoms with E-state index in [2.05, 4.69) is 10.6 Å². The second-order valence-electron chi connectivity index (χ2n) is 4.14. The summed E-state index contributed by atoms with van der Waals surface area (Å²) in [5.41, 5.74) is 0.968. The van der Waals surface area contributed by atoms with Crippen LogP contribution in [0.15, 0.2) is 24.3 Å². The van der Waals surface area contributed by atoms with Crippen molar-refractivity contribution in [1.29, 1.82) is 5.26 Å². The highest BCUT2D eigenvalue weighted by molar-refractivity contribution is 6.03. The highest BCUT2D eigenvalue weighted by Crippen LogP contribution is 2.09. The summed E-state index contributed by atoms with van der Waals surface area (Å²) in [7, 11) is 0. The maximum atomic E-state index is 11.5. The van der Waals surface area contributed by atoms with Crippen molar-refractivity contribution in [2.75, 3.05) is 5.32 Å². The third-order valence-corrected chi connectivity index (χ3v) is 2.05. The predicted molar refractivity (Wildman–Crippen MR) is 67.7 cm³/mol. The van der Waals surface area contributed by atoms with Gasteiger partial charge in [-0.3, -0.25) is 9.59 Å². The van der Waals surface area contributed by atoms with Gasteiger partial charge in [0.2, 0.25) is 11.8 Å². The van der Waals surface area contributed by atoms with Crippen LogP contribution in [0.1, 0.15) is 25.8 Å². The Kier molecular flexibility index (Phi) is 4.88. The Morgan fingerprint density at radius 3 is 2.67 bits per heavy atom. The maximum absolute atomic E-state index is 11.5. The average molecular weight is 245 g/mol. The summed E-state index contributed by atoms with van der Waals surface area (Å²) in [6, 6.07) is 8.51. The van der Waals surface area contributed by atoms with Crippen LogP contribution in [-0.2, 0) is 9.59 Å². The monoisotopic (exact) mass is 245 g/mol. The van der Waals surface area contributed by atoms with E-state index in [9.17, 15) is 9.59 Å². The van der Waals surface area contributed by atoms with Gasteiger partial charge in [-0.05, 0) is 32.0 Å². The lowest BCUT2D eigenvalue weighted by Crippen LogP contribution is -2.33. The van der Waals surface area contributed by atoms with Gasteiger partial charge < -0.3 is 10.6 Å². The summed E-state index contributed by atoms with van der Waals surface area (Å²) >= 11 is 0. The summed E-state index contributed by atoms with van der Waals surface area (Å²) in [5, 5.41) is 13.9. The van der Waals surface area contributed by atoms with Crippen LogP contribution in [0, 0.1) is 11.3 Å². The molecule has 0 atom stereocenters. The number of hydrogen-bond acceptors (Lipinski definition) is 3. The van der Waals surface area contributed by atoms with E-state index in [-0.39, 0.29) is 18.4 Å². The third kappa shape index (κ3) is 4.66. The summed E-state index contributed by atoms with van der Waals surface area (Å²) in [6.07, 6.45) is -0.227. The molecular weight excluding hydrogens is 230 g/mol. The fourth-order valence-corrected chi connectivity index (χ4v) is 1.39. The third-order valence-electron chi connectivity index (χ3n) is 2.05. The second-order valence-corrected chi connectivity index (χ2v) is 4.14. The van der Waals surface area contributed by atoms with Gasteiger partial charge in [0.25, 0.3) is 0 Å². The molecule has 5 nitrogen and oxygen atoms in total. The predicted octanol–water partition coefficient (Wildman–Crippen LogP) is 1.41. The number of anilines is 1. The van der Waals surface area contributed by atoms with Gasteiger partial charge in [-0.15, -0.1) is 0 Å². The zero-order chi connectivity index (χ0) is 13.5. The first-order chi connectivity index (χ1) is 8.51. The minimum absolute atomic E-state index is 0.00668. The van der Waals surface area contributed by atoms with E-state index >= 15 is 0 Å². The average Bonchev–Trinajstić information content (AvgIpc) is 2.27. The van der Waals surface area contributed by atoms with E-state index < -0.39 is 5.91 Å². The molecule has 1 aromatic carbocycles. The van der Waals surface area contributed by atoms with Crippen LogP contribution in [0.25, 0.3) is 0 Å². The molecule has 0 unspecified atom stereocenters. The topological polar surface area (TPSA) is 82.0 Å². The van der Waals surface area contributed by atoms with E-state index in [4.69, 9.17) is 5.26 Å². The van der Waals surface area contributed by atoms with Crippen molar-refractivity contribution in [2.45, 2.75) is 26.3 Å². The molecule has 0 bridgehead atoms. The van der Waals surface area contributed by atoms with Crippen LogP contribution in [0.2, 0.25) is 0 Å². The first-order valence-corrected chi connectivity index (χ1v) is 5.60. The smallest absolute Gasteiger partial charge is 0.233 e. The molecule has 2 amide bonds. The maximum Gasteiger partial charge on any atom is 0.233 e. The molecule has 5 heteroatoms. The quantitative estimate of drug-likeness (QED) is 0.787. The number of hydrogen-bond donors (Lipinski definition) is 2. The van der Waals surface area contributed by atoms with Gasteiger partial charge in [0.1, 0.15) is 6.42 Å². The van der Waals surface area contributed by atoms with Gasteiger partial charge in [-0.25, -0.2) is 0 Å². The normalized spacial score (nSPS) is 9.67. The molecule has 0 spiro atoms. The number of amides is 2. The van der Waals surface area contributed by atoms with Crippen LogP contribution in [0.3, 0.4) is 0 Å². The Morgan fingerprint density at radius 1 is 1.33 bits per heavy atom. The van der Waals surface area contributed by atoms with Crippen LogP contribution in [0.5, 0.6) is 0 Å². The largest absolute Gasteiger partial charge is 0.353 e. The molecule has 2 N–H and O–H groups in total. The Labute approximate surface area is 106 Å². The zero-order valence-corrected chi connectivity index (χ0v) is 10.4. The lowest BCUT2D eigenvalue weighted by Gasteiger charge is -2.08. The number of carbonyl (C=O) groups excluding carboxylic acids is 2. The van der Waals surface area contributed by atoms with Crippen molar-refractivity contribution in [2.24, 2.45) is 0 Å².